The van der Waals surface area contributed by atoms with Crippen LogP contribution in [0.15, 0.2) is 36.7 Å². The van der Waals surface area contributed by atoms with Crippen molar-refractivity contribution in [2.45, 2.75) is 6.92 Å². The number of aryl methyl sites for hydroxylation is 1. The maximum Gasteiger partial charge on any atom is 0.208 e. The highest BCUT2D eigenvalue weighted by Crippen LogP contribution is 2.23. The molecule has 0 spiro atoms. The number of aromatic nitrogens is 4. The number of nitriles is 1. The number of nitrogens with zero attached hydrogens (tertiary/aromatic N) is 5. The summed E-state index contributed by atoms with van der Waals surface area (Å²) in [5, 5.41) is 12.7. The largest absolute Gasteiger partial charge is 0.315 e. The van der Waals surface area contributed by atoms with Crippen LogP contribution in [0.5, 0.6) is 0 Å². The Morgan fingerprint density at radius 3 is 2.95 bits per heavy atom. The lowest BCUT2D eigenvalue weighted by atomic mass is 10.2. The average Bonchev–Trinajstić information content (AvgIpc) is 2.98. The van der Waals surface area contributed by atoms with Crippen LogP contribution >= 0.6 is 11.5 Å². The Hall–Kier alpha value is -2.85. The summed E-state index contributed by atoms with van der Waals surface area (Å²) in [6.45, 7) is 1.97. The summed E-state index contributed by atoms with van der Waals surface area (Å²) < 4.78 is 4.26. The molecule has 0 aliphatic rings. The number of hydrogen-bond donors (Lipinski definition) is 1. The van der Waals surface area contributed by atoms with Gasteiger partial charge in [0.05, 0.1) is 11.6 Å². The minimum Gasteiger partial charge on any atom is -0.315 e. The van der Waals surface area contributed by atoms with E-state index in [2.05, 4.69) is 30.7 Å². The van der Waals surface area contributed by atoms with E-state index in [4.69, 9.17) is 5.26 Å². The molecular formula is C14H10N6S. The standard InChI is InChI=1S/C14H10N6S/c1-9-3-2-5-17-12(9)18-14-19-13(20-21-14)11-7-10(8-15)4-6-16-11/h2-7H,1H3,(H,17,18,19,20). The van der Waals surface area contributed by atoms with E-state index in [9.17, 15) is 0 Å². The van der Waals surface area contributed by atoms with Gasteiger partial charge in [-0.2, -0.15) is 14.6 Å². The lowest BCUT2D eigenvalue weighted by Crippen LogP contribution is -1.95. The monoisotopic (exact) mass is 294 g/mol. The van der Waals surface area contributed by atoms with Gasteiger partial charge in [0, 0.05) is 23.9 Å². The zero-order valence-electron chi connectivity index (χ0n) is 11.1. The average molecular weight is 294 g/mol. The fourth-order valence-corrected chi connectivity index (χ4v) is 2.30. The van der Waals surface area contributed by atoms with E-state index in [0.29, 0.717) is 22.2 Å². The zero-order chi connectivity index (χ0) is 14.7. The van der Waals surface area contributed by atoms with Crippen molar-refractivity contribution in [1.29, 1.82) is 5.26 Å². The molecule has 0 amide bonds. The molecule has 6 nitrogen and oxygen atoms in total. The van der Waals surface area contributed by atoms with Gasteiger partial charge in [-0.05, 0) is 30.7 Å². The maximum atomic E-state index is 8.90. The minimum atomic E-state index is 0.494. The predicted octanol–water partition coefficient (Wildman–Crippen LogP) is 2.92. The van der Waals surface area contributed by atoms with E-state index in [0.717, 1.165) is 11.4 Å². The molecule has 0 atom stereocenters. The van der Waals surface area contributed by atoms with Crippen molar-refractivity contribution >= 4 is 22.5 Å². The summed E-state index contributed by atoms with van der Waals surface area (Å²) in [5.41, 5.74) is 2.14. The lowest BCUT2D eigenvalue weighted by Gasteiger charge is -2.03. The van der Waals surface area contributed by atoms with Crippen LogP contribution in [-0.4, -0.2) is 19.3 Å². The van der Waals surface area contributed by atoms with E-state index in [1.54, 1.807) is 24.5 Å². The molecule has 1 N–H and O–H groups in total. The Kier molecular flexibility index (Phi) is 3.53. The van der Waals surface area contributed by atoms with Gasteiger partial charge in [-0.1, -0.05) is 6.07 Å². The van der Waals surface area contributed by atoms with E-state index < -0.39 is 0 Å². The zero-order valence-corrected chi connectivity index (χ0v) is 11.9. The van der Waals surface area contributed by atoms with Crippen LogP contribution in [0, 0.1) is 18.3 Å². The van der Waals surface area contributed by atoms with E-state index in [-0.39, 0.29) is 0 Å². The number of hydrogen-bond acceptors (Lipinski definition) is 7. The molecule has 21 heavy (non-hydrogen) atoms. The van der Waals surface area contributed by atoms with Gasteiger partial charge >= 0.3 is 0 Å². The Morgan fingerprint density at radius 2 is 2.14 bits per heavy atom. The maximum absolute atomic E-state index is 8.90. The van der Waals surface area contributed by atoms with Crippen LogP contribution in [-0.2, 0) is 0 Å². The molecule has 3 aromatic rings. The summed E-state index contributed by atoms with van der Waals surface area (Å²) in [7, 11) is 0. The molecule has 0 radical (unpaired) electrons. The van der Waals surface area contributed by atoms with E-state index in [1.165, 1.54) is 11.5 Å². The second-order valence-corrected chi connectivity index (χ2v) is 5.01. The van der Waals surface area contributed by atoms with Gasteiger partial charge in [0.1, 0.15) is 11.5 Å². The Morgan fingerprint density at radius 1 is 1.24 bits per heavy atom. The molecule has 0 saturated heterocycles. The molecule has 3 heterocycles. The number of rotatable bonds is 3. The molecular weight excluding hydrogens is 284 g/mol. The Bertz CT molecular complexity index is 820. The van der Waals surface area contributed by atoms with Gasteiger partial charge in [0.25, 0.3) is 0 Å². The van der Waals surface area contributed by atoms with Gasteiger partial charge < -0.3 is 5.32 Å². The quantitative estimate of drug-likeness (QED) is 0.799. The number of anilines is 2. The van der Waals surface area contributed by atoms with E-state index >= 15 is 0 Å². The normalized spacial score (nSPS) is 10.1. The van der Waals surface area contributed by atoms with Gasteiger partial charge in [-0.3, -0.25) is 4.98 Å². The van der Waals surface area contributed by atoms with Crippen LogP contribution in [0.1, 0.15) is 11.1 Å². The molecule has 0 unspecified atom stereocenters. The highest BCUT2D eigenvalue weighted by molar-refractivity contribution is 7.09. The van der Waals surface area contributed by atoms with Crippen molar-refractivity contribution in [3.8, 4) is 17.6 Å². The van der Waals surface area contributed by atoms with Crippen molar-refractivity contribution < 1.29 is 0 Å². The summed E-state index contributed by atoms with van der Waals surface area (Å²) in [5.74, 6) is 1.24. The Balaban J connectivity index is 1.87. The fourth-order valence-electron chi connectivity index (χ4n) is 1.72. The fraction of sp³-hybridized carbons (Fsp3) is 0.0714. The first-order valence-electron chi connectivity index (χ1n) is 6.15. The summed E-state index contributed by atoms with van der Waals surface area (Å²) in [4.78, 5) is 12.8. The van der Waals surface area contributed by atoms with Gasteiger partial charge in [-0.25, -0.2) is 4.98 Å². The molecule has 7 heteroatoms. The Labute approximate surface area is 125 Å². The first kappa shape index (κ1) is 13.1. The molecule has 0 aromatic carbocycles. The molecule has 3 aromatic heterocycles. The summed E-state index contributed by atoms with van der Waals surface area (Å²) >= 11 is 1.23. The highest BCUT2D eigenvalue weighted by atomic mass is 32.1. The summed E-state index contributed by atoms with van der Waals surface area (Å²) in [6, 6.07) is 9.23. The van der Waals surface area contributed by atoms with Crippen LogP contribution in [0.4, 0.5) is 10.9 Å². The minimum absolute atomic E-state index is 0.494. The van der Waals surface area contributed by atoms with Crippen molar-refractivity contribution in [2.24, 2.45) is 0 Å². The number of pyridine rings is 2. The molecule has 102 valence electrons. The van der Waals surface area contributed by atoms with Crippen LogP contribution in [0.3, 0.4) is 0 Å². The first-order valence-corrected chi connectivity index (χ1v) is 6.92. The third kappa shape index (κ3) is 2.85. The third-order valence-electron chi connectivity index (χ3n) is 2.78. The lowest BCUT2D eigenvalue weighted by molar-refractivity contribution is 1.21. The molecule has 3 rings (SSSR count). The molecule has 0 aliphatic heterocycles. The summed E-state index contributed by atoms with van der Waals surface area (Å²) in [6.07, 6.45) is 3.29. The highest BCUT2D eigenvalue weighted by Gasteiger charge is 2.09. The van der Waals surface area contributed by atoms with E-state index in [1.807, 2.05) is 19.1 Å². The molecule has 0 saturated carbocycles. The van der Waals surface area contributed by atoms with Gasteiger partial charge in [0.2, 0.25) is 5.13 Å². The number of nitrogens with one attached hydrogen (secondary N) is 1. The first-order chi connectivity index (χ1) is 10.3. The van der Waals surface area contributed by atoms with Crippen molar-refractivity contribution in [3.05, 3.63) is 47.8 Å². The van der Waals surface area contributed by atoms with Gasteiger partial charge in [0.15, 0.2) is 5.82 Å². The molecule has 0 bridgehead atoms. The van der Waals surface area contributed by atoms with Crippen LogP contribution < -0.4 is 5.32 Å². The van der Waals surface area contributed by atoms with Crippen LogP contribution in [0.2, 0.25) is 0 Å². The SMILES string of the molecule is Cc1cccnc1Nc1nc(-c2cc(C#N)ccn2)ns1. The van der Waals surface area contributed by atoms with Crippen LogP contribution in [0.25, 0.3) is 11.5 Å². The second kappa shape index (κ2) is 5.64. The topological polar surface area (TPSA) is 87.4 Å². The molecule has 0 aliphatic carbocycles. The smallest absolute Gasteiger partial charge is 0.208 e. The van der Waals surface area contributed by atoms with Crippen molar-refractivity contribution in [1.82, 2.24) is 19.3 Å². The third-order valence-corrected chi connectivity index (χ3v) is 3.41. The molecule has 0 fully saturated rings. The van der Waals surface area contributed by atoms with Crippen molar-refractivity contribution in [2.75, 3.05) is 5.32 Å². The van der Waals surface area contributed by atoms with Gasteiger partial charge in [-0.15, -0.1) is 0 Å². The van der Waals surface area contributed by atoms with Crippen molar-refractivity contribution in [3.63, 3.8) is 0 Å². The second-order valence-electron chi connectivity index (χ2n) is 4.26. The predicted molar refractivity (Wildman–Crippen MR) is 80.1 cm³/mol.